The van der Waals surface area contributed by atoms with Gasteiger partial charge >= 0.3 is 0 Å². The summed E-state index contributed by atoms with van der Waals surface area (Å²) in [5, 5.41) is 13.4. The first kappa shape index (κ1) is 18.4. The van der Waals surface area contributed by atoms with E-state index in [4.69, 9.17) is 10.2 Å². The van der Waals surface area contributed by atoms with Crippen LogP contribution in [-0.4, -0.2) is 27.9 Å². The highest BCUT2D eigenvalue weighted by atomic mass is 16.4. The molecule has 0 spiro atoms. The first-order chi connectivity index (χ1) is 12.5. The minimum Gasteiger partial charge on any atom is -0.438 e. The lowest BCUT2D eigenvalue weighted by Gasteiger charge is -2.24. The van der Waals surface area contributed by atoms with Crippen LogP contribution in [0.4, 0.5) is 0 Å². The Morgan fingerprint density at radius 1 is 1.27 bits per heavy atom. The Labute approximate surface area is 152 Å². The van der Waals surface area contributed by atoms with Crippen molar-refractivity contribution in [1.29, 1.82) is 0 Å². The number of hydrogen-bond donors (Lipinski definition) is 3. The lowest BCUT2D eigenvalue weighted by Crippen LogP contribution is -2.42. The second-order valence-electron chi connectivity index (χ2n) is 7.02. The summed E-state index contributed by atoms with van der Waals surface area (Å²) < 4.78 is 5.56. The molecule has 2 aromatic rings. The number of aromatic nitrogens is 1. The number of aliphatic hydroxyl groups excluding tert-OH is 1. The largest absolute Gasteiger partial charge is 0.438 e. The quantitative estimate of drug-likeness (QED) is 0.700. The van der Waals surface area contributed by atoms with Gasteiger partial charge in [0.2, 0.25) is 17.7 Å². The lowest BCUT2D eigenvalue weighted by atomic mass is 9.86. The van der Waals surface area contributed by atoms with Gasteiger partial charge in [-0.2, -0.15) is 0 Å². The molecule has 26 heavy (non-hydrogen) atoms. The molecule has 1 aromatic carbocycles. The molecule has 0 saturated heterocycles. The number of amides is 2. The van der Waals surface area contributed by atoms with Crippen LogP contribution >= 0.6 is 0 Å². The second kappa shape index (κ2) is 8.31. The van der Waals surface area contributed by atoms with Crippen molar-refractivity contribution in [3.63, 3.8) is 0 Å². The maximum Gasteiger partial charge on any atom is 0.226 e. The molecule has 3 rings (SSSR count). The van der Waals surface area contributed by atoms with Crippen molar-refractivity contribution in [2.24, 2.45) is 11.7 Å². The van der Waals surface area contributed by atoms with E-state index in [0.717, 1.165) is 25.7 Å². The van der Waals surface area contributed by atoms with Gasteiger partial charge in [0, 0.05) is 12.8 Å². The Morgan fingerprint density at radius 2 is 2.00 bits per heavy atom. The van der Waals surface area contributed by atoms with Gasteiger partial charge in [-0.25, -0.2) is 4.98 Å². The van der Waals surface area contributed by atoms with Crippen LogP contribution in [0, 0.1) is 5.92 Å². The second-order valence-corrected chi connectivity index (χ2v) is 7.02. The van der Waals surface area contributed by atoms with Gasteiger partial charge in [0.05, 0.1) is 6.04 Å². The number of oxazole rings is 1. The number of para-hydroxylation sites is 2. The number of fused-ring (bicyclic) bond motifs is 1. The van der Waals surface area contributed by atoms with E-state index in [1.807, 2.05) is 6.07 Å². The predicted molar refractivity (Wildman–Crippen MR) is 95.9 cm³/mol. The number of rotatable bonds is 7. The Kier molecular flexibility index (Phi) is 5.88. The first-order valence-electron chi connectivity index (χ1n) is 9.14. The van der Waals surface area contributed by atoms with Gasteiger partial charge < -0.3 is 20.6 Å². The molecule has 0 bridgehead atoms. The predicted octanol–water partition coefficient (Wildman–Crippen LogP) is 2.19. The van der Waals surface area contributed by atoms with Gasteiger partial charge in [0.1, 0.15) is 5.52 Å². The fourth-order valence-electron chi connectivity index (χ4n) is 3.57. The third-order valence-corrected chi connectivity index (χ3v) is 4.91. The van der Waals surface area contributed by atoms with Crippen LogP contribution in [0.25, 0.3) is 11.1 Å². The summed E-state index contributed by atoms with van der Waals surface area (Å²) in [5.74, 6) is -0.365. The highest BCUT2D eigenvalue weighted by Crippen LogP contribution is 2.27. The third kappa shape index (κ3) is 4.60. The van der Waals surface area contributed by atoms with Crippen molar-refractivity contribution in [2.45, 2.75) is 57.1 Å². The summed E-state index contributed by atoms with van der Waals surface area (Å²) in [7, 11) is 0. The molecule has 7 nitrogen and oxygen atoms in total. The van der Waals surface area contributed by atoms with Crippen molar-refractivity contribution in [3.05, 3.63) is 30.2 Å². The van der Waals surface area contributed by atoms with Crippen LogP contribution in [0.1, 0.15) is 56.9 Å². The van der Waals surface area contributed by atoms with E-state index in [0.29, 0.717) is 23.4 Å². The van der Waals surface area contributed by atoms with Crippen LogP contribution < -0.4 is 11.1 Å². The number of carbonyl (C=O) groups excluding carboxylic acids is 2. The molecule has 1 aliphatic carbocycles. The normalized spacial score (nSPS) is 17.7. The minimum atomic E-state index is -1.25. The summed E-state index contributed by atoms with van der Waals surface area (Å²) in [5.41, 5.74) is 6.43. The summed E-state index contributed by atoms with van der Waals surface area (Å²) in [6, 6.07) is 6.25. The van der Waals surface area contributed by atoms with Gasteiger partial charge in [0.25, 0.3) is 0 Å². The van der Waals surface area contributed by atoms with Crippen molar-refractivity contribution in [3.8, 4) is 0 Å². The van der Waals surface area contributed by atoms with Crippen LogP contribution in [0.5, 0.6) is 0 Å². The van der Waals surface area contributed by atoms with E-state index in [1.54, 1.807) is 18.2 Å². The van der Waals surface area contributed by atoms with E-state index in [2.05, 4.69) is 10.3 Å². The lowest BCUT2D eigenvalue weighted by molar-refractivity contribution is -0.125. The zero-order valence-corrected chi connectivity index (χ0v) is 14.7. The molecule has 2 atom stereocenters. The number of carbonyl (C=O) groups is 2. The average Bonchev–Trinajstić information content (AvgIpc) is 3.05. The Balaban J connectivity index is 1.69. The van der Waals surface area contributed by atoms with Crippen LogP contribution in [-0.2, 0) is 9.59 Å². The highest BCUT2D eigenvalue weighted by Gasteiger charge is 2.29. The molecule has 7 heteroatoms. The fraction of sp³-hybridized carbons (Fsp3) is 0.526. The van der Waals surface area contributed by atoms with Gasteiger partial charge in [-0.3, -0.25) is 9.59 Å². The maximum atomic E-state index is 12.4. The Hall–Kier alpha value is -2.41. The summed E-state index contributed by atoms with van der Waals surface area (Å²) in [6.45, 7) is 0. The number of nitrogens with zero attached hydrogens (tertiary/aromatic N) is 1. The number of aliphatic hydroxyl groups is 1. The molecule has 1 aliphatic rings. The monoisotopic (exact) mass is 359 g/mol. The van der Waals surface area contributed by atoms with E-state index in [1.165, 1.54) is 6.42 Å². The van der Waals surface area contributed by atoms with Crippen molar-refractivity contribution < 1.29 is 19.1 Å². The smallest absolute Gasteiger partial charge is 0.226 e. The van der Waals surface area contributed by atoms with Crippen molar-refractivity contribution in [1.82, 2.24) is 10.3 Å². The summed E-state index contributed by atoms with van der Waals surface area (Å²) in [6.07, 6.45) is 4.57. The molecule has 2 unspecified atom stereocenters. The average molecular weight is 359 g/mol. The fourth-order valence-corrected chi connectivity index (χ4v) is 3.57. The SMILES string of the molecule is NC(=O)CC(NC(=O)CC1CCCCC1)C(O)c1nc2ccccc2o1. The third-order valence-electron chi connectivity index (χ3n) is 4.91. The van der Waals surface area contributed by atoms with Gasteiger partial charge in [-0.1, -0.05) is 31.4 Å². The number of hydrogen-bond acceptors (Lipinski definition) is 5. The summed E-state index contributed by atoms with van der Waals surface area (Å²) >= 11 is 0. The molecule has 0 radical (unpaired) electrons. The standard InChI is InChI=1S/C19H25N3O4/c20-16(23)11-14(21-17(24)10-12-6-2-1-3-7-12)18(25)19-22-13-8-4-5-9-15(13)26-19/h4-5,8-9,12,14,18,25H,1-3,6-7,10-11H2,(H2,20,23)(H,21,24). The van der Waals surface area contributed by atoms with E-state index >= 15 is 0 Å². The Bertz CT molecular complexity index is 734. The molecule has 0 aliphatic heterocycles. The molecule has 2 amide bonds. The summed E-state index contributed by atoms with van der Waals surface area (Å²) in [4.78, 5) is 28.0. The Morgan fingerprint density at radius 3 is 2.69 bits per heavy atom. The zero-order chi connectivity index (χ0) is 18.5. The topological polar surface area (TPSA) is 118 Å². The highest BCUT2D eigenvalue weighted by molar-refractivity contribution is 5.79. The van der Waals surface area contributed by atoms with Crippen LogP contribution in [0.3, 0.4) is 0 Å². The molecule has 1 heterocycles. The number of primary amides is 1. The number of nitrogens with two attached hydrogens (primary N) is 1. The molecule has 4 N–H and O–H groups in total. The molecule has 1 saturated carbocycles. The molecule has 140 valence electrons. The van der Waals surface area contributed by atoms with E-state index in [9.17, 15) is 14.7 Å². The minimum absolute atomic E-state index is 0.0652. The maximum absolute atomic E-state index is 12.4. The van der Waals surface area contributed by atoms with Gasteiger partial charge in [0.15, 0.2) is 11.7 Å². The van der Waals surface area contributed by atoms with Crippen LogP contribution in [0.15, 0.2) is 28.7 Å². The molecule has 1 aromatic heterocycles. The van der Waals surface area contributed by atoms with Crippen molar-refractivity contribution >= 4 is 22.9 Å². The number of benzene rings is 1. The zero-order valence-electron chi connectivity index (χ0n) is 14.7. The number of nitrogens with one attached hydrogen (secondary N) is 1. The first-order valence-corrected chi connectivity index (χ1v) is 9.14. The van der Waals surface area contributed by atoms with Gasteiger partial charge in [-0.05, 0) is 30.9 Å². The van der Waals surface area contributed by atoms with Gasteiger partial charge in [-0.15, -0.1) is 0 Å². The molecular weight excluding hydrogens is 334 g/mol. The van der Waals surface area contributed by atoms with E-state index < -0.39 is 18.1 Å². The van der Waals surface area contributed by atoms with Crippen molar-refractivity contribution in [2.75, 3.05) is 0 Å². The van der Waals surface area contributed by atoms with E-state index in [-0.39, 0.29) is 18.2 Å². The molecular formula is C19H25N3O4. The van der Waals surface area contributed by atoms with Crippen LogP contribution in [0.2, 0.25) is 0 Å². The molecule has 1 fully saturated rings.